The van der Waals surface area contributed by atoms with Crippen molar-refractivity contribution < 1.29 is 14.3 Å². The normalized spacial score (nSPS) is 15.5. The molecule has 4 nitrogen and oxygen atoms in total. The molecule has 0 radical (unpaired) electrons. The van der Waals surface area contributed by atoms with Crippen molar-refractivity contribution in [1.82, 2.24) is 4.90 Å². The van der Waals surface area contributed by atoms with Gasteiger partial charge in [0, 0.05) is 12.6 Å². The Kier molecular flexibility index (Phi) is 6.17. The van der Waals surface area contributed by atoms with Crippen LogP contribution in [0.4, 0.5) is 4.79 Å². The number of ether oxygens (including phenoxy) is 2. The zero-order valence-corrected chi connectivity index (χ0v) is 16.6. The molecule has 1 aliphatic carbocycles. The number of halogens is 1. The van der Waals surface area contributed by atoms with Crippen LogP contribution in [0.3, 0.4) is 0 Å². The van der Waals surface area contributed by atoms with E-state index in [4.69, 9.17) is 9.47 Å². The lowest BCUT2D eigenvalue weighted by Crippen LogP contribution is -2.41. The summed E-state index contributed by atoms with van der Waals surface area (Å²) in [7, 11) is 1.67. The topological polar surface area (TPSA) is 38.8 Å². The third kappa shape index (κ3) is 5.26. The standard InChI is InChI=1S/C18H26INO3/c1-18(2,3)23-17(21)20(14-7-5-6-8-14)12-13-9-10-16(22-4)15(19)11-13/h9-11,14H,5-8,12H2,1-4H3. The molecule has 1 aromatic rings. The Labute approximate surface area is 152 Å². The Balaban J connectivity index is 2.17. The van der Waals surface area contributed by atoms with Gasteiger partial charge in [-0.05, 0) is 73.9 Å². The molecule has 5 heteroatoms. The number of hydrogen-bond acceptors (Lipinski definition) is 3. The molecule has 23 heavy (non-hydrogen) atoms. The van der Waals surface area contributed by atoms with Crippen molar-refractivity contribution in [1.29, 1.82) is 0 Å². The molecule has 1 aliphatic rings. The van der Waals surface area contributed by atoms with Crippen molar-refractivity contribution in [3.63, 3.8) is 0 Å². The molecular formula is C18H26INO3. The molecule has 1 fully saturated rings. The third-order valence-corrected chi connectivity index (χ3v) is 4.81. The van der Waals surface area contributed by atoms with E-state index in [0.29, 0.717) is 6.54 Å². The Hall–Kier alpha value is -0.980. The number of carbonyl (C=O) groups excluding carboxylic acids is 1. The molecule has 0 spiro atoms. The zero-order chi connectivity index (χ0) is 17.0. The SMILES string of the molecule is COc1ccc(CN(C(=O)OC(C)(C)C)C2CCCC2)cc1I. The van der Waals surface area contributed by atoms with Crippen LogP contribution < -0.4 is 4.74 Å². The Morgan fingerprint density at radius 2 is 1.96 bits per heavy atom. The van der Waals surface area contributed by atoms with E-state index in [1.54, 1.807) is 7.11 Å². The lowest BCUT2D eigenvalue weighted by molar-refractivity contribution is 0.0145. The summed E-state index contributed by atoms with van der Waals surface area (Å²) in [5.41, 5.74) is 0.635. The summed E-state index contributed by atoms with van der Waals surface area (Å²) in [4.78, 5) is 14.5. The average molecular weight is 431 g/mol. The number of carbonyl (C=O) groups is 1. The highest BCUT2D eigenvalue weighted by molar-refractivity contribution is 14.1. The first-order valence-electron chi connectivity index (χ1n) is 8.12. The van der Waals surface area contributed by atoms with Crippen LogP contribution in [-0.4, -0.2) is 29.7 Å². The molecule has 0 bridgehead atoms. The van der Waals surface area contributed by atoms with Gasteiger partial charge in [-0.15, -0.1) is 0 Å². The van der Waals surface area contributed by atoms with Crippen LogP contribution >= 0.6 is 22.6 Å². The maximum Gasteiger partial charge on any atom is 0.410 e. The summed E-state index contributed by atoms with van der Waals surface area (Å²) >= 11 is 2.26. The summed E-state index contributed by atoms with van der Waals surface area (Å²) in [5, 5.41) is 0. The molecule has 0 saturated heterocycles. The Morgan fingerprint density at radius 1 is 1.30 bits per heavy atom. The molecule has 2 rings (SSSR count). The molecule has 128 valence electrons. The van der Waals surface area contributed by atoms with Gasteiger partial charge in [0.2, 0.25) is 0 Å². The summed E-state index contributed by atoms with van der Waals surface area (Å²) < 4.78 is 12.0. The van der Waals surface area contributed by atoms with Gasteiger partial charge in [0.15, 0.2) is 0 Å². The number of rotatable bonds is 4. The molecule has 1 amide bonds. The number of hydrogen-bond donors (Lipinski definition) is 0. The molecule has 0 heterocycles. The highest BCUT2D eigenvalue weighted by Gasteiger charge is 2.30. The van der Waals surface area contributed by atoms with Crippen molar-refractivity contribution in [2.45, 2.75) is 64.6 Å². The van der Waals surface area contributed by atoms with E-state index in [2.05, 4.69) is 28.7 Å². The minimum Gasteiger partial charge on any atom is -0.496 e. The fourth-order valence-corrected chi connectivity index (χ4v) is 3.68. The van der Waals surface area contributed by atoms with Gasteiger partial charge in [-0.25, -0.2) is 4.79 Å². The van der Waals surface area contributed by atoms with Crippen LogP contribution in [0.25, 0.3) is 0 Å². The first kappa shape index (κ1) is 18.4. The van der Waals surface area contributed by atoms with E-state index in [-0.39, 0.29) is 12.1 Å². The Bertz CT molecular complexity index is 548. The predicted molar refractivity (Wildman–Crippen MR) is 99.7 cm³/mol. The smallest absolute Gasteiger partial charge is 0.410 e. The zero-order valence-electron chi connectivity index (χ0n) is 14.4. The van der Waals surface area contributed by atoms with Gasteiger partial charge in [-0.1, -0.05) is 18.9 Å². The predicted octanol–water partition coefficient (Wildman–Crippen LogP) is 4.98. The van der Waals surface area contributed by atoms with Gasteiger partial charge in [-0.3, -0.25) is 0 Å². The second-order valence-electron chi connectivity index (χ2n) is 7.02. The fraction of sp³-hybridized carbons (Fsp3) is 0.611. The van der Waals surface area contributed by atoms with E-state index in [0.717, 1.165) is 27.7 Å². The lowest BCUT2D eigenvalue weighted by Gasteiger charge is -2.31. The first-order valence-corrected chi connectivity index (χ1v) is 9.20. The molecule has 1 saturated carbocycles. The van der Waals surface area contributed by atoms with Gasteiger partial charge in [-0.2, -0.15) is 0 Å². The molecule has 0 atom stereocenters. The average Bonchev–Trinajstić information content (AvgIpc) is 2.96. The van der Waals surface area contributed by atoms with Crippen molar-refractivity contribution in [2.24, 2.45) is 0 Å². The van der Waals surface area contributed by atoms with Crippen LogP contribution in [0.15, 0.2) is 18.2 Å². The second kappa shape index (κ2) is 7.73. The molecule has 0 aliphatic heterocycles. The first-order chi connectivity index (χ1) is 10.8. The maximum atomic E-state index is 12.6. The molecule has 0 N–H and O–H groups in total. The minimum absolute atomic E-state index is 0.213. The summed E-state index contributed by atoms with van der Waals surface area (Å²) in [6, 6.07) is 6.34. The molecule has 1 aromatic carbocycles. The fourth-order valence-electron chi connectivity index (χ4n) is 2.88. The van der Waals surface area contributed by atoms with Crippen LogP contribution in [0, 0.1) is 3.57 Å². The Morgan fingerprint density at radius 3 is 2.48 bits per heavy atom. The van der Waals surface area contributed by atoms with Crippen LogP contribution in [-0.2, 0) is 11.3 Å². The second-order valence-corrected chi connectivity index (χ2v) is 8.18. The molecular weight excluding hydrogens is 405 g/mol. The quantitative estimate of drug-likeness (QED) is 0.632. The largest absolute Gasteiger partial charge is 0.496 e. The van der Waals surface area contributed by atoms with E-state index in [1.165, 1.54) is 12.8 Å². The van der Waals surface area contributed by atoms with Gasteiger partial charge in [0.05, 0.1) is 10.7 Å². The van der Waals surface area contributed by atoms with E-state index >= 15 is 0 Å². The van der Waals surface area contributed by atoms with E-state index < -0.39 is 5.60 Å². The highest BCUT2D eigenvalue weighted by Crippen LogP contribution is 2.28. The lowest BCUT2D eigenvalue weighted by atomic mass is 10.1. The monoisotopic (exact) mass is 431 g/mol. The number of benzene rings is 1. The van der Waals surface area contributed by atoms with Crippen molar-refractivity contribution >= 4 is 28.7 Å². The van der Waals surface area contributed by atoms with E-state index in [1.807, 2.05) is 37.8 Å². The van der Waals surface area contributed by atoms with Crippen molar-refractivity contribution in [2.75, 3.05) is 7.11 Å². The van der Waals surface area contributed by atoms with Gasteiger partial charge in [0.25, 0.3) is 0 Å². The van der Waals surface area contributed by atoms with Gasteiger partial charge < -0.3 is 14.4 Å². The summed E-state index contributed by atoms with van der Waals surface area (Å²) in [6.45, 7) is 6.32. The van der Waals surface area contributed by atoms with E-state index in [9.17, 15) is 4.79 Å². The summed E-state index contributed by atoms with van der Waals surface area (Å²) in [5.74, 6) is 0.860. The third-order valence-electron chi connectivity index (χ3n) is 3.96. The van der Waals surface area contributed by atoms with Crippen molar-refractivity contribution in [3.05, 3.63) is 27.3 Å². The number of methoxy groups -OCH3 is 1. The maximum absolute atomic E-state index is 12.6. The minimum atomic E-state index is -0.470. The van der Waals surface area contributed by atoms with Gasteiger partial charge in [0.1, 0.15) is 11.4 Å². The van der Waals surface area contributed by atoms with Crippen molar-refractivity contribution in [3.8, 4) is 5.75 Å². The molecule has 0 aromatic heterocycles. The highest BCUT2D eigenvalue weighted by atomic mass is 127. The van der Waals surface area contributed by atoms with Crippen LogP contribution in [0.5, 0.6) is 5.75 Å². The number of nitrogens with zero attached hydrogens (tertiary/aromatic N) is 1. The van der Waals surface area contributed by atoms with Gasteiger partial charge >= 0.3 is 6.09 Å². The van der Waals surface area contributed by atoms with Crippen LogP contribution in [0.1, 0.15) is 52.0 Å². The van der Waals surface area contributed by atoms with Crippen LogP contribution in [0.2, 0.25) is 0 Å². The summed E-state index contributed by atoms with van der Waals surface area (Å²) in [6.07, 6.45) is 4.28. The number of amides is 1. The molecule has 0 unspecified atom stereocenters.